The van der Waals surface area contributed by atoms with Crippen molar-refractivity contribution in [3.05, 3.63) is 33.8 Å². The number of aryl methyl sites for hydroxylation is 1. The summed E-state index contributed by atoms with van der Waals surface area (Å²) in [7, 11) is 0. The summed E-state index contributed by atoms with van der Waals surface area (Å²) < 4.78 is 1.01. The van der Waals surface area contributed by atoms with Crippen molar-refractivity contribution in [2.24, 2.45) is 0 Å². The molecule has 0 bridgehead atoms. The van der Waals surface area contributed by atoms with Gasteiger partial charge in [0.2, 0.25) is 0 Å². The first kappa shape index (κ1) is 13.6. The largest absolute Gasteiger partial charge is 0.333 e. The minimum Gasteiger partial charge on any atom is -0.333 e. The Morgan fingerprint density at radius 3 is 2.78 bits per heavy atom. The molecular formula is C15H20BrNO. The maximum Gasteiger partial charge on any atom is 0.254 e. The van der Waals surface area contributed by atoms with Crippen LogP contribution < -0.4 is 0 Å². The van der Waals surface area contributed by atoms with Crippen molar-refractivity contribution < 1.29 is 4.79 Å². The van der Waals surface area contributed by atoms with Crippen LogP contribution in [0.1, 0.15) is 49.0 Å². The Kier molecular flexibility index (Phi) is 4.10. The van der Waals surface area contributed by atoms with E-state index in [2.05, 4.69) is 34.7 Å². The fraction of sp³-hybridized carbons (Fsp3) is 0.533. The molecule has 2 rings (SSSR count). The second-order valence-corrected chi connectivity index (χ2v) is 6.02. The average molecular weight is 310 g/mol. The van der Waals surface area contributed by atoms with Gasteiger partial charge < -0.3 is 4.90 Å². The van der Waals surface area contributed by atoms with Crippen LogP contribution in [0.15, 0.2) is 22.7 Å². The lowest BCUT2D eigenvalue weighted by molar-refractivity contribution is 0.0676. The first-order chi connectivity index (χ1) is 8.54. The van der Waals surface area contributed by atoms with Crippen LogP contribution in [0.25, 0.3) is 0 Å². The van der Waals surface area contributed by atoms with Gasteiger partial charge in [0.1, 0.15) is 0 Å². The highest BCUT2D eigenvalue weighted by atomic mass is 79.9. The number of carbonyl (C=O) groups excluding carboxylic acids is 1. The van der Waals surface area contributed by atoms with Crippen molar-refractivity contribution in [3.8, 4) is 0 Å². The molecule has 1 aliphatic rings. The Morgan fingerprint density at radius 1 is 1.44 bits per heavy atom. The summed E-state index contributed by atoms with van der Waals surface area (Å²) in [6.07, 6.45) is 3.30. The van der Waals surface area contributed by atoms with Gasteiger partial charge in [0.25, 0.3) is 5.91 Å². The Bertz CT molecular complexity index is 458. The third-order valence-electron chi connectivity index (χ3n) is 3.91. The van der Waals surface area contributed by atoms with Crippen LogP contribution in [0, 0.1) is 6.92 Å². The van der Waals surface area contributed by atoms with Crippen molar-refractivity contribution in [2.45, 2.75) is 52.1 Å². The van der Waals surface area contributed by atoms with Gasteiger partial charge in [0.05, 0.1) is 0 Å². The van der Waals surface area contributed by atoms with Crippen molar-refractivity contribution >= 4 is 21.8 Å². The van der Waals surface area contributed by atoms with Crippen LogP contribution in [0.4, 0.5) is 0 Å². The first-order valence-electron chi connectivity index (χ1n) is 6.63. The molecule has 3 heteroatoms. The molecule has 0 saturated carbocycles. The molecule has 1 amide bonds. The topological polar surface area (TPSA) is 20.3 Å². The molecule has 1 aromatic rings. The molecule has 0 aromatic heterocycles. The Labute approximate surface area is 117 Å². The molecule has 1 fully saturated rings. The Balaban J connectivity index is 2.27. The molecule has 0 aliphatic carbocycles. The second kappa shape index (κ2) is 5.43. The molecule has 1 aliphatic heterocycles. The van der Waals surface area contributed by atoms with Gasteiger partial charge in [-0.25, -0.2) is 0 Å². The van der Waals surface area contributed by atoms with E-state index in [0.29, 0.717) is 12.1 Å². The van der Waals surface area contributed by atoms with Gasteiger partial charge in [-0.3, -0.25) is 4.79 Å². The summed E-state index contributed by atoms with van der Waals surface area (Å²) in [5.74, 6) is 0.174. The molecule has 1 heterocycles. The highest BCUT2D eigenvalue weighted by Gasteiger charge is 2.33. The third-order valence-corrected chi connectivity index (χ3v) is 4.76. The van der Waals surface area contributed by atoms with Crippen molar-refractivity contribution in [1.29, 1.82) is 0 Å². The number of hydrogen-bond acceptors (Lipinski definition) is 1. The van der Waals surface area contributed by atoms with Crippen LogP contribution in [-0.4, -0.2) is 22.9 Å². The molecule has 0 spiro atoms. The fourth-order valence-electron chi connectivity index (χ4n) is 2.71. The number of rotatable bonds is 2. The second-order valence-electron chi connectivity index (χ2n) is 5.16. The number of nitrogens with zero attached hydrogens (tertiary/aromatic N) is 1. The predicted octanol–water partition coefficient (Wildman–Crippen LogP) is 4.16. The van der Waals surface area contributed by atoms with Crippen molar-refractivity contribution in [2.75, 3.05) is 0 Å². The lowest BCUT2D eigenvalue weighted by atomic mass is 10.1. The van der Waals surface area contributed by atoms with Gasteiger partial charge >= 0.3 is 0 Å². The van der Waals surface area contributed by atoms with E-state index < -0.39 is 0 Å². The molecule has 1 saturated heterocycles. The van der Waals surface area contributed by atoms with E-state index in [1.807, 2.05) is 25.1 Å². The van der Waals surface area contributed by atoms with E-state index in [0.717, 1.165) is 34.9 Å². The minimum absolute atomic E-state index is 0.174. The molecule has 0 radical (unpaired) electrons. The quantitative estimate of drug-likeness (QED) is 0.803. The highest BCUT2D eigenvalue weighted by Crippen LogP contribution is 2.28. The molecular weight excluding hydrogens is 290 g/mol. The van der Waals surface area contributed by atoms with Gasteiger partial charge in [-0.1, -0.05) is 28.9 Å². The first-order valence-corrected chi connectivity index (χ1v) is 7.42. The van der Waals surface area contributed by atoms with Crippen LogP contribution in [0.2, 0.25) is 0 Å². The van der Waals surface area contributed by atoms with E-state index in [4.69, 9.17) is 0 Å². The maximum absolute atomic E-state index is 12.6. The van der Waals surface area contributed by atoms with Gasteiger partial charge in [-0.15, -0.1) is 0 Å². The van der Waals surface area contributed by atoms with E-state index >= 15 is 0 Å². The van der Waals surface area contributed by atoms with Crippen LogP contribution in [0.5, 0.6) is 0 Å². The lowest BCUT2D eigenvalue weighted by Crippen LogP contribution is -2.39. The molecule has 2 nitrogen and oxygen atoms in total. The normalized spacial score (nSPS) is 23.4. The van der Waals surface area contributed by atoms with E-state index in [9.17, 15) is 4.79 Å². The van der Waals surface area contributed by atoms with Gasteiger partial charge in [-0.05, 0) is 50.8 Å². The Morgan fingerprint density at radius 2 is 2.17 bits per heavy atom. The molecule has 0 N–H and O–H groups in total. The fourth-order valence-corrected chi connectivity index (χ4v) is 3.09. The number of likely N-dealkylation sites (tertiary alicyclic amines) is 1. The van der Waals surface area contributed by atoms with Gasteiger partial charge in [-0.2, -0.15) is 0 Å². The van der Waals surface area contributed by atoms with Crippen LogP contribution in [-0.2, 0) is 0 Å². The van der Waals surface area contributed by atoms with E-state index in [1.54, 1.807) is 0 Å². The molecule has 2 atom stereocenters. The number of benzene rings is 1. The average Bonchev–Trinajstić information content (AvgIpc) is 2.73. The monoisotopic (exact) mass is 309 g/mol. The van der Waals surface area contributed by atoms with Crippen molar-refractivity contribution in [1.82, 2.24) is 4.90 Å². The molecule has 98 valence electrons. The van der Waals surface area contributed by atoms with Crippen LogP contribution in [0.3, 0.4) is 0 Å². The standard InChI is InChI=1S/C15H20BrNO/c1-4-13-8-6-11(3)17(13)15(18)12-7-5-10(2)14(16)9-12/h5,7,9,11,13H,4,6,8H2,1-3H3. The van der Waals surface area contributed by atoms with Crippen molar-refractivity contribution in [3.63, 3.8) is 0 Å². The zero-order valence-electron chi connectivity index (χ0n) is 11.2. The van der Waals surface area contributed by atoms with Gasteiger partial charge in [0.15, 0.2) is 0 Å². The van der Waals surface area contributed by atoms with E-state index in [1.165, 1.54) is 0 Å². The van der Waals surface area contributed by atoms with Crippen LogP contribution >= 0.6 is 15.9 Å². The predicted molar refractivity (Wildman–Crippen MR) is 77.8 cm³/mol. The lowest BCUT2D eigenvalue weighted by Gasteiger charge is -2.28. The number of carbonyl (C=O) groups is 1. The maximum atomic E-state index is 12.6. The Hall–Kier alpha value is -0.830. The summed E-state index contributed by atoms with van der Waals surface area (Å²) in [6.45, 7) is 6.34. The molecule has 1 aromatic carbocycles. The minimum atomic E-state index is 0.174. The summed E-state index contributed by atoms with van der Waals surface area (Å²) >= 11 is 3.50. The number of halogens is 1. The smallest absolute Gasteiger partial charge is 0.254 e. The zero-order valence-corrected chi connectivity index (χ0v) is 12.8. The van der Waals surface area contributed by atoms with Gasteiger partial charge in [0, 0.05) is 22.1 Å². The SMILES string of the molecule is CCC1CCC(C)N1C(=O)c1ccc(C)c(Br)c1. The number of amides is 1. The molecule has 18 heavy (non-hydrogen) atoms. The summed E-state index contributed by atoms with van der Waals surface area (Å²) in [5, 5.41) is 0. The third kappa shape index (κ3) is 2.46. The highest BCUT2D eigenvalue weighted by molar-refractivity contribution is 9.10. The summed E-state index contributed by atoms with van der Waals surface area (Å²) in [4.78, 5) is 14.7. The number of hydrogen-bond donors (Lipinski definition) is 0. The molecule has 2 unspecified atom stereocenters. The summed E-state index contributed by atoms with van der Waals surface area (Å²) in [6, 6.07) is 6.64. The zero-order chi connectivity index (χ0) is 13.3. The summed E-state index contributed by atoms with van der Waals surface area (Å²) in [5.41, 5.74) is 1.95. The van der Waals surface area contributed by atoms with E-state index in [-0.39, 0.29) is 5.91 Å².